The van der Waals surface area contributed by atoms with Crippen molar-refractivity contribution in [3.8, 4) is 0 Å². The molecule has 0 amide bonds. The fraction of sp³-hybridized carbons (Fsp3) is 0.304. The van der Waals surface area contributed by atoms with Crippen LogP contribution >= 0.6 is 12.4 Å². The summed E-state index contributed by atoms with van der Waals surface area (Å²) in [5, 5.41) is 3.18. The van der Waals surface area contributed by atoms with Crippen LogP contribution in [0.5, 0.6) is 0 Å². The predicted molar refractivity (Wildman–Crippen MR) is 118 cm³/mol. The Morgan fingerprint density at radius 1 is 1.07 bits per heavy atom. The minimum atomic E-state index is -0.606. The molecule has 1 unspecified atom stereocenters. The van der Waals surface area contributed by atoms with Gasteiger partial charge in [0.1, 0.15) is 0 Å². The molecule has 0 N–H and O–H groups in total. The lowest BCUT2D eigenvalue weighted by atomic mass is 9.78. The third-order valence-corrected chi connectivity index (χ3v) is 5.93. The molecule has 0 saturated heterocycles. The number of rotatable bonds is 3. The minimum absolute atomic E-state index is 0. The second-order valence-electron chi connectivity index (χ2n) is 8.15. The third-order valence-electron chi connectivity index (χ3n) is 5.93. The lowest BCUT2D eigenvalue weighted by Crippen LogP contribution is -2.37. The Hall–Kier alpha value is -2.63. The normalized spacial score (nSPS) is 18.3. The summed E-state index contributed by atoms with van der Waals surface area (Å²) < 4.78 is 2.13. The zero-order chi connectivity index (χ0) is 19.6. The topological polar surface area (TPSA) is 45.6 Å². The molecule has 150 valence electrons. The molecule has 5 rings (SSSR count). The number of hydrogen-bond acceptors (Lipinski definition) is 4. The maximum Gasteiger partial charge on any atom is 0.177 e. The van der Waals surface area contributed by atoms with Gasteiger partial charge in [0.2, 0.25) is 0 Å². The molecule has 29 heavy (non-hydrogen) atoms. The summed E-state index contributed by atoms with van der Waals surface area (Å²) in [4.78, 5) is 30.9. The average Bonchev–Trinajstić information content (AvgIpc) is 3.01. The van der Waals surface area contributed by atoms with Crippen LogP contribution in [-0.4, -0.2) is 53.6 Å². The van der Waals surface area contributed by atoms with Gasteiger partial charge < -0.3 is 14.4 Å². The van der Waals surface area contributed by atoms with Crippen molar-refractivity contribution in [3.63, 3.8) is 0 Å². The molecular formula is C23H24ClN3O2. The first-order valence-corrected chi connectivity index (χ1v) is 9.67. The monoisotopic (exact) mass is 409 g/mol. The van der Waals surface area contributed by atoms with Crippen LogP contribution in [0.15, 0.2) is 42.6 Å². The van der Waals surface area contributed by atoms with Crippen LogP contribution < -0.4 is 0 Å². The van der Waals surface area contributed by atoms with Gasteiger partial charge in [-0.2, -0.15) is 0 Å². The SMILES string of the molecule is CN(C)CCC1C(=O)C2=CN(C)Cn3c2c(c2c4ccccc4ccc23)C1=O.Cl. The van der Waals surface area contributed by atoms with E-state index < -0.39 is 5.92 Å². The first-order chi connectivity index (χ1) is 13.5. The van der Waals surface area contributed by atoms with E-state index >= 15 is 0 Å². The quantitative estimate of drug-likeness (QED) is 0.617. The molecule has 1 atom stereocenters. The number of carbonyl (C=O) groups excluding carboxylic acids is 2. The number of aromatic nitrogens is 1. The van der Waals surface area contributed by atoms with Crippen LogP contribution in [-0.2, 0) is 11.5 Å². The van der Waals surface area contributed by atoms with E-state index in [1.54, 1.807) is 0 Å². The maximum absolute atomic E-state index is 13.6. The van der Waals surface area contributed by atoms with E-state index in [2.05, 4.69) is 28.8 Å². The molecule has 5 nitrogen and oxygen atoms in total. The zero-order valence-electron chi connectivity index (χ0n) is 16.8. The van der Waals surface area contributed by atoms with E-state index in [-0.39, 0.29) is 24.0 Å². The van der Waals surface area contributed by atoms with Crippen LogP contribution in [0.2, 0.25) is 0 Å². The van der Waals surface area contributed by atoms with E-state index in [1.807, 2.05) is 49.3 Å². The fourth-order valence-electron chi connectivity index (χ4n) is 4.64. The second kappa shape index (κ2) is 7.01. The van der Waals surface area contributed by atoms with E-state index in [0.717, 1.165) is 32.9 Å². The summed E-state index contributed by atoms with van der Waals surface area (Å²) in [5.74, 6) is -0.673. The molecule has 6 heteroatoms. The number of allylic oxidation sites excluding steroid dienone is 1. The Balaban J connectivity index is 0.00000205. The number of hydrogen-bond donors (Lipinski definition) is 0. The Morgan fingerprint density at radius 2 is 1.83 bits per heavy atom. The van der Waals surface area contributed by atoms with Gasteiger partial charge >= 0.3 is 0 Å². The standard InChI is InChI=1S/C23H23N3O2.ClH/c1-24(2)11-10-16-22(27)17-12-25(3)13-26-18-9-8-14-6-4-5-7-15(14)19(18)20(21(17)26)23(16)28;/h4-9,12,16H,10-11,13H2,1-3H3;1H. The Morgan fingerprint density at radius 3 is 2.59 bits per heavy atom. The molecule has 0 spiro atoms. The van der Waals surface area contributed by atoms with E-state index in [9.17, 15) is 9.59 Å². The van der Waals surface area contributed by atoms with Crippen molar-refractivity contribution in [2.24, 2.45) is 5.92 Å². The van der Waals surface area contributed by atoms with E-state index in [4.69, 9.17) is 0 Å². The van der Waals surface area contributed by atoms with Gasteiger partial charge in [-0.25, -0.2) is 0 Å². The molecule has 0 bridgehead atoms. The Bertz CT molecular complexity index is 1190. The highest BCUT2D eigenvalue weighted by atomic mass is 35.5. The summed E-state index contributed by atoms with van der Waals surface area (Å²) in [7, 11) is 5.91. The van der Waals surface area contributed by atoms with Crippen molar-refractivity contribution in [1.82, 2.24) is 14.4 Å². The van der Waals surface area contributed by atoms with Gasteiger partial charge in [0.25, 0.3) is 0 Å². The third kappa shape index (κ3) is 2.80. The molecule has 3 aromatic rings. The van der Waals surface area contributed by atoms with Gasteiger partial charge in [-0.3, -0.25) is 9.59 Å². The molecule has 2 aromatic carbocycles. The average molecular weight is 410 g/mol. The summed E-state index contributed by atoms with van der Waals surface area (Å²) in [5.41, 5.74) is 3.23. The molecule has 0 radical (unpaired) electrons. The van der Waals surface area contributed by atoms with Crippen molar-refractivity contribution in [2.75, 3.05) is 27.7 Å². The lowest BCUT2D eigenvalue weighted by molar-refractivity contribution is -0.116. The maximum atomic E-state index is 13.6. The molecular weight excluding hydrogens is 386 g/mol. The first-order valence-electron chi connectivity index (χ1n) is 9.67. The Kier molecular flexibility index (Phi) is 4.75. The number of halogens is 1. The van der Waals surface area contributed by atoms with Crippen molar-refractivity contribution in [3.05, 3.63) is 53.9 Å². The van der Waals surface area contributed by atoms with Crippen molar-refractivity contribution >= 4 is 51.2 Å². The number of nitrogens with zero attached hydrogens (tertiary/aromatic N) is 3. The van der Waals surface area contributed by atoms with Crippen LogP contribution in [0.3, 0.4) is 0 Å². The number of carbonyl (C=O) groups is 2. The highest BCUT2D eigenvalue weighted by Crippen LogP contribution is 2.43. The highest BCUT2D eigenvalue weighted by molar-refractivity contribution is 6.38. The molecule has 2 aliphatic rings. The lowest BCUT2D eigenvalue weighted by Gasteiger charge is -2.31. The van der Waals surface area contributed by atoms with Gasteiger partial charge in [-0.15, -0.1) is 12.4 Å². The Labute approximate surface area is 176 Å². The van der Waals surface area contributed by atoms with Gasteiger partial charge in [0.05, 0.1) is 34.9 Å². The van der Waals surface area contributed by atoms with Crippen LogP contribution in [0.1, 0.15) is 22.5 Å². The number of Topliss-reactive ketones (excluding diaryl/α,β-unsaturated/α-hetero) is 2. The summed E-state index contributed by atoms with van der Waals surface area (Å²) in [6, 6.07) is 12.4. The van der Waals surface area contributed by atoms with Crippen molar-refractivity contribution in [1.29, 1.82) is 0 Å². The molecule has 1 aromatic heterocycles. The smallest absolute Gasteiger partial charge is 0.177 e. The van der Waals surface area contributed by atoms with Crippen LogP contribution in [0.25, 0.3) is 27.2 Å². The van der Waals surface area contributed by atoms with Gasteiger partial charge in [-0.1, -0.05) is 30.3 Å². The van der Waals surface area contributed by atoms with Crippen LogP contribution in [0, 0.1) is 5.92 Å². The first kappa shape index (κ1) is 19.7. The summed E-state index contributed by atoms with van der Waals surface area (Å²) in [6.45, 7) is 1.34. The van der Waals surface area contributed by atoms with E-state index in [1.165, 1.54) is 0 Å². The molecule has 1 aliphatic carbocycles. The largest absolute Gasteiger partial charge is 0.362 e. The number of benzene rings is 2. The predicted octanol–water partition coefficient (Wildman–Crippen LogP) is 3.79. The molecule has 1 aliphatic heterocycles. The van der Waals surface area contributed by atoms with Gasteiger partial charge in [-0.05, 0) is 43.9 Å². The zero-order valence-corrected chi connectivity index (χ0v) is 17.6. The molecule has 2 heterocycles. The fourth-order valence-corrected chi connectivity index (χ4v) is 4.64. The summed E-state index contributed by atoms with van der Waals surface area (Å²) >= 11 is 0. The van der Waals surface area contributed by atoms with Gasteiger partial charge in [0, 0.05) is 18.6 Å². The van der Waals surface area contributed by atoms with Crippen molar-refractivity contribution in [2.45, 2.75) is 13.1 Å². The van der Waals surface area contributed by atoms with Crippen molar-refractivity contribution < 1.29 is 9.59 Å². The highest BCUT2D eigenvalue weighted by Gasteiger charge is 2.43. The minimum Gasteiger partial charge on any atom is -0.362 e. The van der Waals surface area contributed by atoms with E-state index in [0.29, 0.717) is 25.2 Å². The van der Waals surface area contributed by atoms with Crippen LogP contribution in [0.4, 0.5) is 0 Å². The molecule has 0 fully saturated rings. The number of ketones is 2. The summed E-state index contributed by atoms with van der Waals surface area (Å²) in [6.07, 6.45) is 2.46. The second-order valence-corrected chi connectivity index (χ2v) is 8.15. The van der Waals surface area contributed by atoms with Gasteiger partial charge in [0.15, 0.2) is 11.6 Å². The number of fused-ring (bicyclic) bond motifs is 5. The molecule has 0 saturated carbocycles.